The molecule has 2 heterocycles. The van der Waals surface area contributed by atoms with Crippen molar-refractivity contribution in [1.82, 2.24) is 19.6 Å². The summed E-state index contributed by atoms with van der Waals surface area (Å²) < 4.78 is 7.36. The van der Waals surface area contributed by atoms with Crippen LogP contribution in [0.4, 0.5) is 4.79 Å². The smallest absolute Gasteiger partial charge is 0.427 e. The maximum Gasteiger partial charge on any atom is 0.534 e. The molecule has 0 aliphatic rings. The van der Waals surface area contributed by atoms with Gasteiger partial charge in [-0.1, -0.05) is 45.9 Å². The number of ether oxygens (including phenoxy) is 1. The van der Waals surface area contributed by atoms with Gasteiger partial charge in [-0.25, -0.2) is 9.78 Å². The lowest BCUT2D eigenvalue weighted by Gasteiger charge is -2.28. The molecule has 0 saturated carbocycles. The van der Waals surface area contributed by atoms with Crippen molar-refractivity contribution < 1.29 is 19.2 Å². The van der Waals surface area contributed by atoms with E-state index in [1.807, 2.05) is 24.5 Å². The van der Waals surface area contributed by atoms with Crippen LogP contribution in [0.5, 0.6) is 0 Å². The van der Waals surface area contributed by atoms with E-state index >= 15 is 0 Å². The number of aryl methyl sites for hydroxylation is 1. The number of hydrogen-bond donors (Lipinski definition) is 1. The summed E-state index contributed by atoms with van der Waals surface area (Å²) in [7, 11) is 0. The number of nitrogens with zero attached hydrogens (tertiary/aromatic N) is 4. The molecule has 0 aliphatic heterocycles. The van der Waals surface area contributed by atoms with Gasteiger partial charge in [-0.15, -0.1) is 0 Å². The van der Waals surface area contributed by atoms with Gasteiger partial charge in [-0.3, -0.25) is 9.78 Å². The molecule has 3 aromatic rings. The van der Waals surface area contributed by atoms with Crippen molar-refractivity contribution in [3.8, 4) is 0 Å². The zero-order valence-electron chi connectivity index (χ0n) is 22.5. The number of unbranched alkanes of at least 4 members (excludes halogenated alkanes) is 1. The Morgan fingerprint density at radius 1 is 1.11 bits per heavy atom. The van der Waals surface area contributed by atoms with Crippen molar-refractivity contribution >= 4 is 34.0 Å². The summed E-state index contributed by atoms with van der Waals surface area (Å²) in [5.41, 5.74) is 8.23. The minimum absolute atomic E-state index is 0.0856. The molecule has 1 atom stereocenters. The first-order valence-electron chi connectivity index (χ1n) is 12.5. The Bertz CT molecular complexity index is 1220. The maximum absolute atomic E-state index is 12.9. The van der Waals surface area contributed by atoms with E-state index in [0.717, 1.165) is 39.1 Å². The lowest BCUT2D eigenvalue weighted by atomic mass is 9.95. The van der Waals surface area contributed by atoms with Gasteiger partial charge in [0.2, 0.25) is 0 Å². The standard InChI is InChI=1S/C27H39N5O4/c1-18(16-28)21-22-23(19-12-8-9-13-20(19)30-21)31(17-29-22)14-10-11-15-32(24(33)26(2,3)4)36-25(34)35-27(5,6)7/h8-9,12-13,17-18H,10-11,14-16,28H2,1-7H3. The molecular weight excluding hydrogens is 458 g/mol. The van der Waals surface area contributed by atoms with Crippen molar-refractivity contribution in [2.45, 2.75) is 79.4 Å². The van der Waals surface area contributed by atoms with E-state index in [2.05, 4.69) is 22.5 Å². The molecule has 196 valence electrons. The third kappa shape index (κ3) is 6.51. The summed E-state index contributed by atoms with van der Waals surface area (Å²) in [6.45, 7) is 14.1. The van der Waals surface area contributed by atoms with Crippen molar-refractivity contribution in [2.24, 2.45) is 11.1 Å². The van der Waals surface area contributed by atoms with Crippen molar-refractivity contribution in [2.75, 3.05) is 13.1 Å². The fourth-order valence-electron chi connectivity index (χ4n) is 3.89. The second kappa shape index (κ2) is 10.8. The number of pyridine rings is 1. The van der Waals surface area contributed by atoms with Crippen LogP contribution >= 0.6 is 0 Å². The Balaban J connectivity index is 1.76. The average Bonchev–Trinajstić information content (AvgIpc) is 3.22. The number of hydrogen-bond acceptors (Lipinski definition) is 7. The second-order valence-electron chi connectivity index (χ2n) is 11.2. The van der Waals surface area contributed by atoms with Gasteiger partial charge in [-0.05, 0) is 39.7 Å². The highest BCUT2D eigenvalue weighted by atomic mass is 16.8. The van der Waals surface area contributed by atoms with Gasteiger partial charge < -0.3 is 19.9 Å². The summed E-state index contributed by atoms with van der Waals surface area (Å²) in [5.74, 6) is -0.193. The van der Waals surface area contributed by atoms with E-state index < -0.39 is 17.2 Å². The maximum atomic E-state index is 12.9. The molecule has 1 unspecified atom stereocenters. The number of aromatic nitrogens is 3. The van der Waals surface area contributed by atoms with Crippen LogP contribution in [0.25, 0.3) is 21.9 Å². The molecule has 0 spiro atoms. The van der Waals surface area contributed by atoms with Crippen LogP contribution in [0, 0.1) is 5.41 Å². The first kappa shape index (κ1) is 27.4. The molecule has 0 aliphatic carbocycles. The van der Waals surface area contributed by atoms with E-state index in [1.165, 1.54) is 0 Å². The lowest BCUT2D eigenvalue weighted by molar-refractivity contribution is -0.185. The van der Waals surface area contributed by atoms with Crippen molar-refractivity contribution in [1.29, 1.82) is 0 Å². The molecule has 9 heteroatoms. The third-order valence-corrected chi connectivity index (χ3v) is 5.75. The number of nitrogens with two attached hydrogens (primary N) is 1. The number of hydroxylamine groups is 2. The van der Waals surface area contributed by atoms with Crippen molar-refractivity contribution in [3.05, 3.63) is 36.3 Å². The van der Waals surface area contributed by atoms with Crippen molar-refractivity contribution in [3.63, 3.8) is 0 Å². The normalized spacial score (nSPS) is 13.1. The van der Waals surface area contributed by atoms with E-state index in [9.17, 15) is 9.59 Å². The fraction of sp³-hybridized carbons (Fsp3) is 0.556. The van der Waals surface area contributed by atoms with Gasteiger partial charge in [0.15, 0.2) is 0 Å². The van der Waals surface area contributed by atoms with Crippen LogP contribution in [0.1, 0.15) is 72.9 Å². The minimum Gasteiger partial charge on any atom is -0.427 e. The largest absolute Gasteiger partial charge is 0.534 e. The molecule has 0 bridgehead atoms. The fourth-order valence-corrected chi connectivity index (χ4v) is 3.89. The molecule has 0 radical (unpaired) electrons. The van der Waals surface area contributed by atoms with Gasteiger partial charge in [-0.2, -0.15) is 5.06 Å². The summed E-state index contributed by atoms with van der Waals surface area (Å²) in [6, 6.07) is 8.03. The first-order chi connectivity index (χ1) is 16.8. The predicted octanol–water partition coefficient (Wildman–Crippen LogP) is 5.17. The quantitative estimate of drug-likeness (QED) is 0.272. The highest BCUT2D eigenvalue weighted by Gasteiger charge is 2.31. The predicted molar refractivity (Wildman–Crippen MR) is 140 cm³/mol. The third-order valence-electron chi connectivity index (χ3n) is 5.75. The molecule has 1 aromatic carbocycles. The average molecular weight is 498 g/mol. The van der Waals surface area contributed by atoms with Crippen LogP contribution in [0.15, 0.2) is 30.6 Å². The number of carbonyl (C=O) groups excluding carboxylic acids is 2. The number of benzene rings is 1. The minimum atomic E-state index is -0.888. The summed E-state index contributed by atoms with van der Waals surface area (Å²) in [5, 5.41) is 2.16. The topological polar surface area (TPSA) is 113 Å². The van der Waals surface area contributed by atoms with Crippen LogP contribution < -0.4 is 5.73 Å². The highest BCUT2D eigenvalue weighted by Crippen LogP contribution is 2.29. The Labute approximate surface area is 212 Å². The zero-order chi connectivity index (χ0) is 26.7. The molecular formula is C27H39N5O4. The van der Waals surface area contributed by atoms with Crippen LogP contribution in [0.2, 0.25) is 0 Å². The second-order valence-corrected chi connectivity index (χ2v) is 11.2. The molecule has 36 heavy (non-hydrogen) atoms. The number of carbonyl (C=O) groups is 2. The number of amides is 1. The molecule has 0 saturated heterocycles. The van der Waals surface area contributed by atoms with Gasteiger partial charge in [0.25, 0.3) is 5.91 Å². The van der Waals surface area contributed by atoms with Gasteiger partial charge in [0.1, 0.15) is 11.1 Å². The highest BCUT2D eigenvalue weighted by molar-refractivity contribution is 6.03. The lowest BCUT2D eigenvalue weighted by Crippen LogP contribution is -2.42. The molecule has 0 fully saturated rings. The number of para-hydroxylation sites is 1. The summed E-state index contributed by atoms with van der Waals surface area (Å²) >= 11 is 0. The van der Waals surface area contributed by atoms with Crippen LogP contribution in [0.3, 0.4) is 0 Å². The summed E-state index contributed by atoms with van der Waals surface area (Å²) in [6.07, 6.45) is 2.32. The number of imidazole rings is 1. The Morgan fingerprint density at radius 3 is 2.44 bits per heavy atom. The van der Waals surface area contributed by atoms with Crippen LogP contribution in [-0.2, 0) is 20.9 Å². The Kier molecular flexibility index (Phi) is 8.23. The van der Waals surface area contributed by atoms with E-state index in [0.29, 0.717) is 19.5 Å². The van der Waals surface area contributed by atoms with E-state index in [1.54, 1.807) is 41.5 Å². The first-order valence-corrected chi connectivity index (χ1v) is 12.5. The molecule has 9 nitrogen and oxygen atoms in total. The van der Waals surface area contributed by atoms with E-state index in [-0.39, 0.29) is 18.4 Å². The Morgan fingerprint density at radius 2 is 1.81 bits per heavy atom. The number of fused-ring (bicyclic) bond motifs is 3. The summed E-state index contributed by atoms with van der Waals surface area (Å²) in [4.78, 5) is 40.0. The van der Waals surface area contributed by atoms with Gasteiger partial charge >= 0.3 is 6.16 Å². The number of rotatable bonds is 7. The van der Waals surface area contributed by atoms with E-state index in [4.69, 9.17) is 20.3 Å². The zero-order valence-corrected chi connectivity index (χ0v) is 22.5. The Hall–Kier alpha value is -3.20. The molecule has 2 aromatic heterocycles. The SMILES string of the molecule is CC(CN)c1nc2ccccc2c2c1ncn2CCCCN(OC(=O)OC(C)(C)C)C(=O)C(C)(C)C. The van der Waals surface area contributed by atoms with Gasteiger partial charge in [0.05, 0.1) is 29.6 Å². The molecule has 3 rings (SSSR count). The monoisotopic (exact) mass is 497 g/mol. The molecule has 2 N–H and O–H groups in total. The van der Waals surface area contributed by atoms with Crippen LogP contribution in [-0.4, -0.2) is 50.4 Å². The van der Waals surface area contributed by atoms with Gasteiger partial charge in [0, 0.05) is 29.8 Å². The molecule has 1 amide bonds.